The quantitative estimate of drug-likeness (QED) is 0.375. The Morgan fingerprint density at radius 3 is 1.72 bits per heavy atom. The number of aliphatic hydroxyl groups excluding tert-OH is 2. The molecule has 0 fully saturated rings. The first-order valence-electron chi connectivity index (χ1n) is 7.56. The molecule has 2 N–H and O–H groups in total. The molecule has 108 valence electrons. The van der Waals surface area contributed by atoms with E-state index in [-0.39, 0.29) is 17.6 Å². The van der Waals surface area contributed by atoms with Gasteiger partial charge in [0.2, 0.25) is 0 Å². The molecule has 0 aliphatic carbocycles. The smallest absolute Gasteiger partial charge is 0.161 e. The monoisotopic (exact) mass is 274 g/mol. The highest BCUT2D eigenvalue weighted by Gasteiger charge is 2.11. The van der Waals surface area contributed by atoms with Crippen molar-refractivity contribution in [3.63, 3.8) is 0 Å². The molecule has 2 nitrogen and oxygen atoms in total. The van der Waals surface area contributed by atoms with Gasteiger partial charge in [-0.05, 0) is 18.6 Å². The molecular weight excluding hydrogens is 244 g/mol. The number of hydrogen-bond donors (Lipinski definition) is 2. The zero-order chi connectivity index (χ0) is 13.6. The minimum absolute atomic E-state index is 0.0211. The van der Waals surface area contributed by atoms with Gasteiger partial charge in [0.1, 0.15) is 0 Å². The molecule has 0 amide bonds. The maximum atomic E-state index is 9.13. The molecule has 0 saturated heterocycles. The van der Waals surface area contributed by atoms with Crippen LogP contribution in [0, 0.1) is 5.92 Å². The molecule has 0 spiro atoms. The van der Waals surface area contributed by atoms with E-state index in [0.29, 0.717) is 0 Å². The molecule has 0 radical (unpaired) electrons. The summed E-state index contributed by atoms with van der Waals surface area (Å²) in [7, 11) is 0. The fraction of sp³-hybridized carbons (Fsp3) is 0.933. The van der Waals surface area contributed by atoms with Crippen molar-refractivity contribution >= 4 is 17.3 Å². The van der Waals surface area contributed by atoms with E-state index >= 15 is 0 Å². The van der Waals surface area contributed by atoms with Crippen LogP contribution >= 0.6 is 12.2 Å². The second-order valence-electron chi connectivity index (χ2n) is 5.19. The molecule has 3 heteroatoms. The number of hydrogen-bond acceptors (Lipinski definition) is 2. The van der Waals surface area contributed by atoms with Crippen LogP contribution in [-0.4, -0.2) is 21.9 Å². The molecule has 0 saturated carbocycles. The van der Waals surface area contributed by atoms with Gasteiger partial charge >= 0.3 is 0 Å². The van der Waals surface area contributed by atoms with Crippen LogP contribution in [0.2, 0.25) is 0 Å². The predicted molar refractivity (Wildman–Crippen MR) is 82.3 cm³/mol. The molecule has 0 aromatic heterocycles. The molecule has 18 heavy (non-hydrogen) atoms. The van der Waals surface area contributed by atoms with E-state index in [1.165, 1.54) is 57.8 Å². The van der Waals surface area contributed by atoms with Gasteiger partial charge in [-0.2, -0.15) is 0 Å². The van der Waals surface area contributed by atoms with E-state index in [1.807, 2.05) is 0 Å². The summed E-state index contributed by atoms with van der Waals surface area (Å²) < 4.78 is 0. The van der Waals surface area contributed by atoms with Crippen LogP contribution in [0.3, 0.4) is 0 Å². The van der Waals surface area contributed by atoms with Crippen molar-refractivity contribution in [3.8, 4) is 0 Å². The summed E-state index contributed by atoms with van der Waals surface area (Å²) in [6, 6.07) is 0. The maximum absolute atomic E-state index is 9.13. The van der Waals surface area contributed by atoms with Gasteiger partial charge in [-0.3, -0.25) is 0 Å². The summed E-state index contributed by atoms with van der Waals surface area (Å²) in [5.41, 5.74) is 0. The molecule has 0 aromatic rings. The van der Waals surface area contributed by atoms with E-state index in [1.54, 1.807) is 0 Å². The lowest BCUT2D eigenvalue weighted by Gasteiger charge is -2.10. The van der Waals surface area contributed by atoms with Gasteiger partial charge in [0.25, 0.3) is 0 Å². The lowest BCUT2D eigenvalue weighted by Crippen LogP contribution is -2.15. The SMILES string of the molecule is CCCCCCCCCCCCC(CO)C(O)=S. The van der Waals surface area contributed by atoms with E-state index in [9.17, 15) is 0 Å². The third-order valence-corrected chi connectivity index (χ3v) is 3.81. The van der Waals surface area contributed by atoms with Crippen molar-refractivity contribution < 1.29 is 10.2 Å². The van der Waals surface area contributed by atoms with Gasteiger partial charge in [0, 0.05) is 0 Å². The minimum Gasteiger partial charge on any atom is -0.502 e. The fourth-order valence-corrected chi connectivity index (χ4v) is 2.36. The van der Waals surface area contributed by atoms with Gasteiger partial charge in [-0.1, -0.05) is 71.1 Å². The summed E-state index contributed by atoms with van der Waals surface area (Å²) in [5.74, 6) is -0.186. The van der Waals surface area contributed by atoms with Crippen molar-refractivity contribution in [1.29, 1.82) is 0 Å². The van der Waals surface area contributed by atoms with Crippen LogP contribution in [0.25, 0.3) is 0 Å². The zero-order valence-corrected chi connectivity index (χ0v) is 12.7. The first-order chi connectivity index (χ1) is 8.72. The summed E-state index contributed by atoms with van der Waals surface area (Å²) >= 11 is 4.68. The Hall–Kier alpha value is -0.150. The van der Waals surface area contributed by atoms with Crippen molar-refractivity contribution in [2.45, 2.75) is 77.6 Å². The normalized spacial score (nSPS) is 12.6. The first kappa shape index (κ1) is 17.8. The fourth-order valence-electron chi connectivity index (χ4n) is 2.17. The van der Waals surface area contributed by atoms with Crippen molar-refractivity contribution in [3.05, 3.63) is 0 Å². The maximum Gasteiger partial charge on any atom is 0.161 e. The molecule has 0 aromatic carbocycles. The highest BCUT2D eigenvalue weighted by atomic mass is 32.1. The highest BCUT2D eigenvalue weighted by Crippen LogP contribution is 2.14. The Morgan fingerprint density at radius 2 is 1.33 bits per heavy atom. The summed E-state index contributed by atoms with van der Waals surface area (Å²) in [4.78, 5) is 0. The molecule has 0 aliphatic heterocycles. The van der Waals surface area contributed by atoms with Gasteiger partial charge < -0.3 is 10.2 Å². The number of thiocarbonyl (C=S) groups is 1. The van der Waals surface area contributed by atoms with E-state index < -0.39 is 0 Å². The first-order valence-corrected chi connectivity index (χ1v) is 7.96. The summed E-state index contributed by atoms with van der Waals surface area (Å²) in [5, 5.41) is 18.1. The molecule has 0 rings (SSSR count). The van der Waals surface area contributed by atoms with Crippen molar-refractivity contribution in [2.24, 2.45) is 5.92 Å². The Labute approximate surface area is 118 Å². The Balaban J connectivity index is 3.18. The van der Waals surface area contributed by atoms with Crippen molar-refractivity contribution in [2.75, 3.05) is 6.61 Å². The lowest BCUT2D eigenvalue weighted by atomic mass is 10.0. The second-order valence-corrected chi connectivity index (χ2v) is 5.61. The zero-order valence-electron chi connectivity index (χ0n) is 11.9. The van der Waals surface area contributed by atoms with Gasteiger partial charge in [-0.25, -0.2) is 0 Å². The molecular formula is C15H30O2S. The summed E-state index contributed by atoms with van der Waals surface area (Å²) in [6.45, 7) is 2.23. The van der Waals surface area contributed by atoms with Crippen LogP contribution in [0.5, 0.6) is 0 Å². The lowest BCUT2D eigenvalue weighted by molar-refractivity contribution is 0.241. The highest BCUT2D eigenvalue weighted by molar-refractivity contribution is 7.80. The number of aliphatic hydroxyl groups is 2. The molecule has 0 aliphatic rings. The largest absolute Gasteiger partial charge is 0.502 e. The van der Waals surface area contributed by atoms with Gasteiger partial charge in [0.05, 0.1) is 12.5 Å². The second kappa shape index (κ2) is 13.3. The van der Waals surface area contributed by atoms with Crippen LogP contribution in [-0.2, 0) is 0 Å². The Bertz CT molecular complexity index is 195. The number of rotatable bonds is 13. The Morgan fingerprint density at radius 1 is 0.889 bits per heavy atom. The van der Waals surface area contributed by atoms with Crippen LogP contribution in [0.1, 0.15) is 77.6 Å². The Kier molecular flexibility index (Phi) is 13.2. The minimum atomic E-state index is -0.186. The van der Waals surface area contributed by atoms with E-state index in [4.69, 9.17) is 10.2 Å². The molecule has 0 heterocycles. The molecule has 0 bridgehead atoms. The van der Waals surface area contributed by atoms with E-state index in [2.05, 4.69) is 19.1 Å². The third-order valence-electron chi connectivity index (χ3n) is 3.48. The molecule has 1 unspecified atom stereocenters. The van der Waals surface area contributed by atoms with Crippen LogP contribution < -0.4 is 0 Å². The van der Waals surface area contributed by atoms with E-state index in [0.717, 1.165) is 12.8 Å². The molecule has 1 atom stereocenters. The van der Waals surface area contributed by atoms with Crippen LogP contribution in [0.15, 0.2) is 0 Å². The van der Waals surface area contributed by atoms with Gasteiger partial charge in [0.15, 0.2) is 5.05 Å². The standard InChI is InChI=1S/C15H30O2S/c1-2-3-4-5-6-7-8-9-10-11-12-14(13-16)15(17)18/h14,16H,2-13H2,1H3,(H,17,18). The van der Waals surface area contributed by atoms with Gasteiger partial charge in [-0.15, -0.1) is 0 Å². The van der Waals surface area contributed by atoms with Crippen molar-refractivity contribution in [1.82, 2.24) is 0 Å². The predicted octanol–water partition coefficient (Wildman–Crippen LogP) is 4.79. The average Bonchev–Trinajstić information content (AvgIpc) is 2.35. The average molecular weight is 274 g/mol. The van der Waals surface area contributed by atoms with Crippen LogP contribution in [0.4, 0.5) is 0 Å². The summed E-state index contributed by atoms with van der Waals surface area (Å²) in [6.07, 6.45) is 13.9. The number of unbranched alkanes of at least 4 members (excludes halogenated alkanes) is 9. The third kappa shape index (κ3) is 11.0. The topological polar surface area (TPSA) is 40.5 Å².